The number of benzene rings is 2. The summed E-state index contributed by atoms with van der Waals surface area (Å²) in [5, 5.41) is 0.169. The van der Waals surface area contributed by atoms with Crippen LogP contribution in [0.2, 0.25) is 5.02 Å². The predicted octanol–water partition coefficient (Wildman–Crippen LogP) is 5.19. The van der Waals surface area contributed by atoms with Gasteiger partial charge in [-0.1, -0.05) is 17.7 Å². The fraction of sp³-hybridized carbons (Fsp3) is 0.111. The van der Waals surface area contributed by atoms with Crippen molar-refractivity contribution in [2.75, 3.05) is 7.11 Å². The number of carbonyl (C=O) groups excluding carboxylic acids is 1. The number of nitrogens with zero attached hydrogens (tertiary/aromatic N) is 1. The Hall–Kier alpha value is -2.74. The number of allylic oxidation sites excluding steroid dienone is 1. The lowest BCUT2D eigenvalue weighted by molar-refractivity contribution is -0.367. The molecule has 0 radical (unpaired) electrons. The Morgan fingerprint density at radius 2 is 1.70 bits per heavy atom. The van der Waals surface area contributed by atoms with Gasteiger partial charge in [-0.3, -0.25) is 0 Å². The van der Waals surface area contributed by atoms with Gasteiger partial charge in [0, 0.05) is 0 Å². The molecule has 2 aromatic carbocycles. The van der Waals surface area contributed by atoms with Crippen LogP contribution in [-0.4, -0.2) is 23.9 Å². The first kappa shape index (κ1) is 19.0. The molecule has 9 heteroatoms. The summed E-state index contributed by atoms with van der Waals surface area (Å²) in [7, 11) is 1.19. The van der Waals surface area contributed by atoms with Crippen LogP contribution in [0.25, 0.3) is 5.57 Å². The summed E-state index contributed by atoms with van der Waals surface area (Å²) in [4.78, 5) is 11.7. The molecule has 1 heterocycles. The van der Waals surface area contributed by atoms with Crippen molar-refractivity contribution in [3.05, 3.63) is 69.9 Å². The van der Waals surface area contributed by atoms with Crippen LogP contribution in [0.15, 0.2) is 36.5 Å². The number of halogens is 6. The maximum absolute atomic E-state index is 14.0. The van der Waals surface area contributed by atoms with Gasteiger partial charge in [-0.25, -0.2) is 4.79 Å². The van der Waals surface area contributed by atoms with Crippen LogP contribution in [0, 0.1) is 11.6 Å². The Balaban J connectivity index is 1.91. The van der Waals surface area contributed by atoms with Crippen LogP contribution < -0.4 is 0 Å². The lowest BCUT2D eigenvalue weighted by atomic mass is 10.0. The molecule has 140 valence electrons. The molecule has 0 unspecified atom stereocenters. The van der Waals surface area contributed by atoms with Gasteiger partial charge in [-0.15, -0.1) is 0 Å². The number of alkyl halides is 3. The van der Waals surface area contributed by atoms with Crippen LogP contribution in [0.5, 0.6) is 0 Å². The molecule has 3 nitrogen and oxygen atoms in total. The topological polar surface area (TPSA) is 29.3 Å². The fourth-order valence-corrected chi connectivity index (χ4v) is 2.71. The first-order chi connectivity index (χ1) is 12.6. The maximum atomic E-state index is 14.0. The highest BCUT2D eigenvalue weighted by molar-refractivity contribution is 6.33. The van der Waals surface area contributed by atoms with Gasteiger partial charge in [0.25, 0.3) is 5.69 Å². The quantitative estimate of drug-likeness (QED) is 0.401. The summed E-state index contributed by atoms with van der Waals surface area (Å²) in [6.07, 6.45) is -2.22. The average Bonchev–Trinajstić information content (AvgIpc) is 2.55. The third-order valence-electron chi connectivity index (χ3n) is 3.86. The molecule has 0 aromatic heterocycles. The van der Waals surface area contributed by atoms with Gasteiger partial charge in [0.2, 0.25) is 0 Å². The highest BCUT2D eigenvalue weighted by Gasteiger charge is 2.36. The van der Waals surface area contributed by atoms with E-state index in [1.54, 1.807) is 6.07 Å². The lowest BCUT2D eigenvalue weighted by Crippen LogP contribution is -2.16. The monoisotopic (exact) mass is 402 g/mol. The molecule has 27 heavy (non-hydrogen) atoms. The fourth-order valence-electron chi connectivity index (χ4n) is 2.51. The summed E-state index contributed by atoms with van der Waals surface area (Å²) in [6.45, 7) is 0. The number of ether oxygens (including phenoxy) is 1. The van der Waals surface area contributed by atoms with E-state index in [1.807, 2.05) is 0 Å². The normalized spacial score (nSPS) is 13.6. The molecule has 2 aromatic rings. The van der Waals surface area contributed by atoms with Crippen LogP contribution in [0.3, 0.4) is 0 Å². The third kappa shape index (κ3) is 3.57. The zero-order valence-corrected chi connectivity index (χ0v) is 14.3. The summed E-state index contributed by atoms with van der Waals surface area (Å²) in [5.41, 5.74) is -0.920. The van der Waals surface area contributed by atoms with Crippen LogP contribution in [-0.2, 0) is 10.9 Å². The molecule has 0 fully saturated rings. The van der Waals surface area contributed by atoms with E-state index in [9.17, 15) is 26.7 Å². The van der Waals surface area contributed by atoms with Crippen molar-refractivity contribution in [3.8, 4) is 0 Å². The van der Waals surface area contributed by atoms with Crippen molar-refractivity contribution >= 4 is 35.0 Å². The molecule has 0 aliphatic carbocycles. The number of methoxy groups -OCH3 is 1. The van der Waals surface area contributed by atoms with Crippen molar-refractivity contribution in [1.82, 2.24) is 0 Å². The van der Waals surface area contributed by atoms with E-state index in [0.717, 1.165) is 4.58 Å². The first-order valence-corrected chi connectivity index (χ1v) is 7.79. The minimum Gasteiger partial charge on any atom is -0.465 e. The standard InChI is InChI=1S/C18H10ClF5NO2/c1-27-17(26)12-4-9(2-3-13(12)19)10-7-25(8-10)16-14(20)5-11(6-15(16)21)18(22,23)24/h2-8H,1H3/q+1. The van der Waals surface area contributed by atoms with Gasteiger partial charge in [0.1, 0.15) is 5.57 Å². The average molecular weight is 403 g/mol. The number of hydrogen-bond acceptors (Lipinski definition) is 2. The minimum absolute atomic E-state index is 0.108. The van der Waals surface area contributed by atoms with Gasteiger partial charge in [-0.2, -0.15) is 26.5 Å². The lowest BCUT2D eigenvalue weighted by Gasteiger charge is -2.13. The summed E-state index contributed by atoms with van der Waals surface area (Å²) in [6, 6.07) is 4.94. The van der Waals surface area contributed by atoms with Crippen molar-refractivity contribution < 1.29 is 36.1 Å². The first-order valence-electron chi connectivity index (χ1n) is 7.41. The molecule has 3 rings (SSSR count). The second-order valence-corrected chi connectivity index (χ2v) is 6.00. The molecule has 0 amide bonds. The van der Waals surface area contributed by atoms with E-state index >= 15 is 0 Å². The predicted molar refractivity (Wildman–Crippen MR) is 88.1 cm³/mol. The summed E-state index contributed by atoms with van der Waals surface area (Å²) >= 11 is 5.92. The molecule has 0 atom stereocenters. The second-order valence-electron chi connectivity index (χ2n) is 5.59. The smallest absolute Gasteiger partial charge is 0.416 e. The van der Waals surface area contributed by atoms with Crippen LogP contribution >= 0.6 is 11.6 Å². The Labute approximate surface area is 154 Å². The minimum atomic E-state index is -4.85. The highest BCUT2D eigenvalue weighted by Crippen LogP contribution is 2.35. The second kappa shape index (κ2) is 6.77. The third-order valence-corrected chi connectivity index (χ3v) is 4.19. The Morgan fingerprint density at radius 1 is 1.11 bits per heavy atom. The van der Waals surface area contributed by atoms with E-state index in [1.165, 1.54) is 31.7 Å². The van der Waals surface area contributed by atoms with E-state index in [0.29, 0.717) is 11.1 Å². The molecule has 1 aliphatic rings. The molecule has 0 spiro atoms. The van der Waals surface area contributed by atoms with E-state index < -0.39 is 35.0 Å². The van der Waals surface area contributed by atoms with Crippen molar-refractivity contribution in [1.29, 1.82) is 0 Å². The SMILES string of the molecule is COC(=O)c1cc(C2=C[N+](c3c(F)cc(C(F)(F)F)cc3F)=C2)ccc1Cl. The zero-order valence-electron chi connectivity index (χ0n) is 13.6. The van der Waals surface area contributed by atoms with Crippen molar-refractivity contribution in [3.63, 3.8) is 0 Å². The number of carbonyl (C=O) groups is 1. The van der Waals surface area contributed by atoms with Crippen molar-refractivity contribution in [2.45, 2.75) is 6.18 Å². The van der Waals surface area contributed by atoms with E-state index in [4.69, 9.17) is 11.6 Å². The van der Waals surface area contributed by atoms with Gasteiger partial charge >= 0.3 is 12.1 Å². The van der Waals surface area contributed by atoms with E-state index in [-0.39, 0.29) is 22.7 Å². The van der Waals surface area contributed by atoms with Crippen LogP contribution in [0.1, 0.15) is 21.5 Å². The van der Waals surface area contributed by atoms with E-state index in [2.05, 4.69) is 4.74 Å². The Bertz CT molecular complexity index is 988. The summed E-state index contributed by atoms with van der Waals surface area (Å²) < 4.78 is 71.5. The Morgan fingerprint density at radius 3 is 2.22 bits per heavy atom. The summed E-state index contributed by atoms with van der Waals surface area (Å²) in [5.74, 6) is -3.35. The molecular weight excluding hydrogens is 393 g/mol. The van der Waals surface area contributed by atoms with Gasteiger partial charge in [0.05, 0.1) is 23.3 Å². The Kier molecular flexibility index (Phi) is 4.77. The maximum Gasteiger partial charge on any atom is 0.416 e. The van der Waals surface area contributed by atoms with Crippen LogP contribution in [0.4, 0.5) is 27.6 Å². The molecule has 0 saturated carbocycles. The molecule has 0 bridgehead atoms. The molecule has 1 aliphatic heterocycles. The van der Waals surface area contributed by atoms with Gasteiger partial charge in [-0.05, 0) is 29.8 Å². The highest BCUT2D eigenvalue weighted by atomic mass is 35.5. The zero-order chi connectivity index (χ0) is 19.9. The van der Waals surface area contributed by atoms with Gasteiger partial charge in [0.15, 0.2) is 24.0 Å². The molecule has 0 N–H and O–H groups in total. The largest absolute Gasteiger partial charge is 0.465 e. The van der Waals surface area contributed by atoms with Crippen molar-refractivity contribution in [2.24, 2.45) is 0 Å². The molecule has 0 saturated heterocycles. The molecular formula is C18H10ClF5NO2+. The van der Waals surface area contributed by atoms with Gasteiger partial charge < -0.3 is 4.74 Å². The number of hydrogen-bond donors (Lipinski definition) is 0. The number of esters is 1. The number of rotatable bonds is 3.